The van der Waals surface area contributed by atoms with Crippen molar-refractivity contribution >= 4 is 17.0 Å². The molecule has 0 saturated heterocycles. The molecule has 1 aliphatic rings. The zero-order valence-corrected chi connectivity index (χ0v) is 11.3. The maximum absolute atomic E-state index is 11.0. The molecule has 1 N–H and O–H groups in total. The molecule has 4 heteroatoms. The van der Waals surface area contributed by atoms with Crippen molar-refractivity contribution in [3.63, 3.8) is 0 Å². The average Bonchev–Trinajstić information content (AvgIpc) is 3.10. The predicted molar refractivity (Wildman–Crippen MR) is 73.4 cm³/mol. The molecule has 1 aliphatic carbocycles. The number of nitrogens with zero attached hydrogens (tertiary/aromatic N) is 2. The molecule has 2 aromatic rings. The van der Waals surface area contributed by atoms with Crippen molar-refractivity contribution in [1.29, 1.82) is 0 Å². The minimum Gasteiger partial charge on any atom is -0.478 e. The van der Waals surface area contributed by atoms with Crippen LogP contribution in [0, 0.1) is 12.3 Å². The van der Waals surface area contributed by atoms with Crippen LogP contribution in [0.25, 0.3) is 11.0 Å². The molecule has 0 amide bonds. The van der Waals surface area contributed by atoms with Crippen LogP contribution in [0.1, 0.15) is 42.4 Å². The molecule has 0 aliphatic heterocycles. The van der Waals surface area contributed by atoms with Crippen molar-refractivity contribution in [1.82, 2.24) is 9.55 Å². The van der Waals surface area contributed by atoms with Gasteiger partial charge in [0.15, 0.2) is 0 Å². The van der Waals surface area contributed by atoms with Gasteiger partial charge < -0.3 is 9.67 Å². The van der Waals surface area contributed by atoms with E-state index in [-0.39, 0.29) is 0 Å². The van der Waals surface area contributed by atoms with Crippen LogP contribution in [-0.4, -0.2) is 20.6 Å². The fraction of sp³-hybridized carbons (Fsp3) is 0.467. The third-order valence-corrected chi connectivity index (χ3v) is 4.39. The Hall–Kier alpha value is -1.84. The summed E-state index contributed by atoms with van der Waals surface area (Å²) in [6.07, 6.45) is 3.77. The topological polar surface area (TPSA) is 55.1 Å². The monoisotopic (exact) mass is 258 g/mol. The van der Waals surface area contributed by atoms with E-state index in [4.69, 9.17) is 5.11 Å². The van der Waals surface area contributed by atoms with Crippen LogP contribution in [-0.2, 0) is 6.54 Å². The summed E-state index contributed by atoms with van der Waals surface area (Å²) < 4.78 is 2.23. The van der Waals surface area contributed by atoms with Gasteiger partial charge in [-0.05, 0) is 49.8 Å². The number of carboxylic acid groups (broad SMARTS) is 1. The molecule has 0 spiro atoms. The summed E-state index contributed by atoms with van der Waals surface area (Å²) in [6, 6.07) is 5.20. The molecule has 0 bridgehead atoms. The van der Waals surface area contributed by atoms with E-state index < -0.39 is 5.97 Å². The Labute approximate surface area is 112 Å². The highest BCUT2D eigenvalue weighted by Gasteiger charge is 2.41. The average molecular weight is 258 g/mol. The number of fused-ring (bicyclic) bond motifs is 1. The Morgan fingerprint density at radius 1 is 1.47 bits per heavy atom. The highest BCUT2D eigenvalue weighted by atomic mass is 16.4. The van der Waals surface area contributed by atoms with Crippen LogP contribution in [0.3, 0.4) is 0 Å². The molecule has 1 heterocycles. The van der Waals surface area contributed by atoms with Crippen molar-refractivity contribution < 1.29 is 9.90 Å². The van der Waals surface area contributed by atoms with E-state index in [1.54, 1.807) is 12.1 Å². The van der Waals surface area contributed by atoms with E-state index in [2.05, 4.69) is 16.5 Å². The predicted octanol–water partition coefficient (Wildman–Crippen LogP) is 3.23. The minimum atomic E-state index is -0.902. The molecule has 1 saturated carbocycles. The smallest absolute Gasteiger partial charge is 0.335 e. The summed E-state index contributed by atoms with van der Waals surface area (Å²) in [4.78, 5) is 15.5. The summed E-state index contributed by atoms with van der Waals surface area (Å²) in [5, 5.41) is 9.02. The first kappa shape index (κ1) is 12.2. The molecule has 1 aromatic carbocycles. The number of hydrogen-bond acceptors (Lipinski definition) is 2. The Kier molecular flexibility index (Phi) is 2.62. The van der Waals surface area contributed by atoms with Gasteiger partial charge in [0.1, 0.15) is 5.82 Å². The van der Waals surface area contributed by atoms with Crippen molar-refractivity contribution in [3.8, 4) is 0 Å². The molecule has 4 nitrogen and oxygen atoms in total. The molecular weight excluding hydrogens is 240 g/mol. The first-order valence-electron chi connectivity index (χ1n) is 6.75. The van der Waals surface area contributed by atoms with Crippen molar-refractivity contribution in [2.45, 2.75) is 39.7 Å². The van der Waals surface area contributed by atoms with Crippen molar-refractivity contribution in [3.05, 3.63) is 29.6 Å². The Morgan fingerprint density at radius 3 is 2.79 bits per heavy atom. The molecule has 0 atom stereocenters. The van der Waals surface area contributed by atoms with Gasteiger partial charge in [-0.1, -0.05) is 6.92 Å². The molecule has 1 aromatic heterocycles. The van der Waals surface area contributed by atoms with Gasteiger partial charge in [-0.15, -0.1) is 0 Å². The number of aryl methyl sites for hydroxylation is 1. The van der Waals surface area contributed by atoms with E-state index in [0.717, 1.165) is 23.4 Å². The van der Waals surface area contributed by atoms with Crippen molar-refractivity contribution in [2.75, 3.05) is 0 Å². The lowest BCUT2D eigenvalue weighted by Gasteiger charge is -2.15. The van der Waals surface area contributed by atoms with E-state index in [1.807, 2.05) is 13.0 Å². The summed E-state index contributed by atoms with van der Waals surface area (Å²) in [5.74, 6) is 0.0681. The number of hydrogen-bond donors (Lipinski definition) is 1. The number of carbonyl (C=O) groups is 1. The van der Waals surface area contributed by atoms with Crippen LogP contribution >= 0.6 is 0 Å². The zero-order chi connectivity index (χ0) is 13.6. The third-order valence-electron chi connectivity index (χ3n) is 4.39. The maximum Gasteiger partial charge on any atom is 0.335 e. The van der Waals surface area contributed by atoms with Crippen molar-refractivity contribution in [2.24, 2.45) is 5.41 Å². The first-order chi connectivity index (χ1) is 9.04. The Balaban J connectivity index is 2.05. The SMILES string of the molecule is CCC1(Cn2c(C)nc3cc(C(=O)O)ccc32)CC1. The standard InChI is InChI=1S/C15H18N2O2/c1-3-15(6-7-15)9-17-10(2)16-12-8-11(14(18)19)4-5-13(12)17/h4-5,8H,3,6-7,9H2,1-2H3,(H,18,19). The maximum atomic E-state index is 11.0. The number of benzene rings is 1. The molecular formula is C15H18N2O2. The second kappa shape index (κ2) is 4.08. The molecule has 100 valence electrons. The van der Waals surface area contributed by atoms with Gasteiger partial charge in [-0.2, -0.15) is 0 Å². The Morgan fingerprint density at radius 2 is 2.21 bits per heavy atom. The highest BCUT2D eigenvalue weighted by Crippen LogP contribution is 2.50. The largest absolute Gasteiger partial charge is 0.478 e. The minimum absolute atomic E-state index is 0.300. The summed E-state index contributed by atoms with van der Waals surface area (Å²) in [6.45, 7) is 5.23. The summed E-state index contributed by atoms with van der Waals surface area (Å²) in [5.41, 5.74) is 2.57. The molecule has 0 unspecified atom stereocenters. The lowest BCUT2D eigenvalue weighted by atomic mass is 10.0. The van der Waals surface area contributed by atoms with Gasteiger partial charge in [-0.3, -0.25) is 0 Å². The third kappa shape index (κ3) is 2.01. The van der Waals surface area contributed by atoms with Gasteiger partial charge in [0.25, 0.3) is 0 Å². The summed E-state index contributed by atoms with van der Waals surface area (Å²) in [7, 11) is 0. The second-order valence-corrected chi connectivity index (χ2v) is 5.61. The Bertz CT molecular complexity index is 653. The molecule has 1 fully saturated rings. The summed E-state index contributed by atoms with van der Waals surface area (Å²) >= 11 is 0. The van der Waals surface area contributed by atoms with E-state index in [0.29, 0.717) is 11.0 Å². The van der Waals surface area contributed by atoms with Gasteiger partial charge >= 0.3 is 5.97 Å². The fourth-order valence-electron chi connectivity index (χ4n) is 2.72. The van der Waals surface area contributed by atoms with Gasteiger partial charge in [0, 0.05) is 6.54 Å². The fourth-order valence-corrected chi connectivity index (χ4v) is 2.72. The van der Waals surface area contributed by atoms with Gasteiger partial charge in [0.05, 0.1) is 16.6 Å². The lowest BCUT2D eigenvalue weighted by Crippen LogP contribution is -2.12. The van der Waals surface area contributed by atoms with Crippen LogP contribution in [0.4, 0.5) is 0 Å². The number of rotatable bonds is 4. The molecule has 3 rings (SSSR count). The number of imidazole rings is 1. The van der Waals surface area contributed by atoms with Crippen LogP contribution in [0.2, 0.25) is 0 Å². The van der Waals surface area contributed by atoms with E-state index in [9.17, 15) is 4.79 Å². The molecule has 19 heavy (non-hydrogen) atoms. The van der Waals surface area contributed by atoms with Gasteiger partial charge in [-0.25, -0.2) is 9.78 Å². The number of carboxylic acids is 1. The van der Waals surface area contributed by atoms with E-state index >= 15 is 0 Å². The number of aromatic nitrogens is 2. The van der Waals surface area contributed by atoms with E-state index in [1.165, 1.54) is 19.3 Å². The quantitative estimate of drug-likeness (QED) is 0.916. The first-order valence-corrected chi connectivity index (χ1v) is 6.75. The number of aromatic carboxylic acids is 1. The zero-order valence-electron chi connectivity index (χ0n) is 11.3. The van der Waals surface area contributed by atoms with Gasteiger partial charge in [0.2, 0.25) is 0 Å². The highest BCUT2D eigenvalue weighted by molar-refractivity contribution is 5.92. The molecule has 0 radical (unpaired) electrons. The van der Waals surface area contributed by atoms with Crippen LogP contribution in [0.5, 0.6) is 0 Å². The van der Waals surface area contributed by atoms with Crippen LogP contribution < -0.4 is 0 Å². The second-order valence-electron chi connectivity index (χ2n) is 5.61. The lowest BCUT2D eigenvalue weighted by molar-refractivity contribution is 0.0697. The van der Waals surface area contributed by atoms with Crippen LogP contribution in [0.15, 0.2) is 18.2 Å². The normalized spacial score (nSPS) is 16.7.